The third-order valence-electron chi connectivity index (χ3n) is 8.24. The minimum atomic E-state index is -2.44. The molecule has 4 rings (SSSR count). The second kappa shape index (κ2) is 15.1. The van der Waals surface area contributed by atoms with Crippen molar-refractivity contribution in [2.75, 3.05) is 33.0 Å². The van der Waals surface area contributed by atoms with Crippen LogP contribution in [-0.4, -0.2) is 221 Å². The molecule has 4 fully saturated rings. The van der Waals surface area contributed by atoms with Gasteiger partial charge in [-0.2, -0.15) is 0 Å². The molecule has 0 aromatic heterocycles. The predicted molar refractivity (Wildman–Crippen MR) is 134 cm³/mol. The van der Waals surface area contributed by atoms with Crippen LogP contribution in [-0.2, 0) is 33.2 Å². The van der Waals surface area contributed by atoms with Crippen molar-refractivity contribution in [3.63, 3.8) is 0 Å². The summed E-state index contributed by atoms with van der Waals surface area (Å²) in [4.78, 5) is 0. The molecule has 4 aliphatic heterocycles. The molecule has 0 unspecified atom stereocenters. The van der Waals surface area contributed by atoms with E-state index < -0.39 is 149 Å². The molecule has 4 heterocycles. The van der Waals surface area contributed by atoms with Crippen LogP contribution in [0.25, 0.3) is 0 Å². The van der Waals surface area contributed by atoms with Gasteiger partial charge in [0.2, 0.25) is 5.79 Å². The van der Waals surface area contributed by atoms with Crippen LogP contribution in [0, 0.1) is 0 Å². The molecule has 45 heavy (non-hydrogen) atoms. The zero-order chi connectivity index (χ0) is 33.4. The quantitative estimate of drug-likeness (QED) is 0.103. The Labute approximate surface area is 254 Å². The van der Waals surface area contributed by atoms with Crippen molar-refractivity contribution < 1.29 is 105 Å². The molecule has 21 nitrogen and oxygen atoms in total. The Balaban J connectivity index is 1.39. The lowest BCUT2D eigenvalue weighted by Gasteiger charge is -2.48. The van der Waals surface area contributed by atoms with Gasteiger partial charge in [-0.25, -0.2) is 0 Å². The highest BCUT2D eigenvalue weighted by Crippen LogP contribution is 2.33. The summed E-state index contributed by atoms with van der Waals surface area (Å²) in [5.41, 5.74) is 0. The van der Waals surface area contributed by atoms with Crippen LogP contribution < -0.4 is 0 Å². The van der Waals surface area contributed by atoms with Crippen molar-refractivity contribution in [1.82, 2.24) is 0 Å². The van der Waals surface area contributed by atoms with Gasteiger partial charge in [0.05, 0.1) is 26.4 Å². The van der Waals surface area contributed by atoms with E-state index in [0.29, 0.717) is 0 Å². The van der Waals surface area contributed by atoms with Crippen LogP contribution in [0.5, 0.6) is 0 Å². The van der Waals surface area contributed by atoms with Gasteiger partial charge in [-0.05, 0) is 0 Å². The van der Waals surface area contributed by atoms with E-state index in [9.17, 15) is 71.5 Å². The fraction of sp³-hybridized carbons (Fsp3) is 1.00. The standard InChI is InChI=1S/C24H42O21/c25-1-7-11(29)14(32)17(35)21(42-7)39-3-8-12(30)15(33)18(36)22(43-8)40-4-9-13(31)16(34)19(37)23(44-9)45-24(5-26)20(38)10(28)6(27)2-41-24/h6-23,25-38H,1-5H2/t6-,7-,8-,9-,10-,11+,12-,13-,14+,15+,16+,17-,18-,19-,20+,21+,22+,23-,24+/m1/s1. The monoisotopic (exact) mass is 666 g/mol. The largest absolute Gasteiger partial charge is 0.394 e. The number of ether oxygens (including phenoxy) is 7. The van der Waals surface area contributed by atoms with Crippen molar-refractivity contribution in [2.45, 2.75) is 116 Å². The van der Waals surface area contributed by atoms with Gasteiger partial charge in [-0.1, -0.05) is 0 Å². The zero-order valence-corrected chi connectivity index (χ0v) is 23.5. The smallest absolute Gasteiger partial charge is 0.223 e. The first-order valence-electron chi connectivity index (χ1n) is 14.1. The lowest BCUT2D eigenvalue weighted by molar-refractivity contribution is -0.417. The van der Waals surface area contributed by atoms with Crippen molar-refractivity contribution >= 4 is 0 Å². The maximum atomic E-state index is 10.5. The fourth-order valence-electron chi connectivity index (χ4n) is 5.29. The SMILES string of the molecule is OC[C@H]1O[C@H](OC[C@H]2O[C@H](OC[C@H]3O[C@H](O[C@]4(CO)OC[C@@H](O)[C@@H](O)[C@@H]4O)[C@H](O)[C@@H](O)[C@@H]3O)[C@H](O)[C@@H](O)[C@@H]2O)[C@H](O)[C@@H](O)[C@H]1O. The van der Waals surface area contributed by atoms with E-state index in [2.05, 4.69) is 0 Å². The molecule has 264 valence electrons. The number of rotatable bonds is 10. The van der Waals surface area contributed by atoms with Gasteiger partial charge >= 0.3 is 0 Å². The molecule has 0 saturated carbocycles. The maximum Gasteiger partial charge on any atom is 0.223 e. The second-order valence-corrected chi connectivity index (χ2v) is 11.3. The normalized spacial score (nSPS) is 52.9. The summed E-state index contributed by atoms with van der Waals surface area (Å²) in [6.45, 7) is -3.85. The van der Waals surface area contributed by atoms with Crippen LogP contribution in [0.3, 0.4) is 0 Å². The van der Waals surface area contributed by atoms with Gasteiger partial charge in [0.25, 0.3) is 0 Å². The Hall–Kier alpha value is -0.840. The summed E-state index contributed by atoms with van der Waals surface area (Å²) in [5.74, 6) is -2.44. The highest BCUT2D eigenvalue weighted by molar-refractivity contribution is 4.96. The van der Waals surface area contributed by atoms with E-state index >= 15 is 0 Å². The van der Waals surface area contributed by atoms with Gasteiger partial charge in [-0.15, -0.1) is 0 Å². The molecule has 4 aliphatic rings. The average Bonchev–Trinajstić information content (AvgIpc) is 3.03. The summed E-state index contributed by atoms with van der Waals surface area (Å²) >= 11 is 0. The van der Waals surface area contributed by atoms with E-state index in [1.807, 2.05) is 0 Å². The molecule has 0 radical (unpaired) electrons. The van der Waals surface area contributed by atoms with E-state index in [-0.39, 0.29) is 0 Å². The van der Waals surface area contributed by atoms with Gasteiger partial charge in [0, 0.05) is 0 Å². The van der Waals surface area contributed by atoms with Crippen LogP contribution in [0.15, 0.2) is 0 Å². The minimum absolute atomic E-state index is 0.605. The Morgan fingerprint density at radius 3 is 1.40 bits per heavy atom. The average molecular weight is 667 g/mol. The lowest BCUT2D eigenvalue weighted by atomic mass is 9.96. The summed E-state index contributed by atoms with van der Waals surface area (Å²) < 4.78 is 37.5. The van der Waals surface area contributed by atoms with Crippen molar-refractivity contribution in [2.24, 2.45) is 0 Å². The third-order valence-corrected chi connectivity index (χ3v) is 8.24. The molecule has 21 heteroatoms. The van der Waals surface area contributed by atoms with E-state index in [1.54, 1.807) is 0 Å². The van der Waals surface area contributed by atoms with Crippen LogP contribution in [0.1, 0.15) is 0 Å². The summed E-state index contributed by atoms with van der Waals surface area (Å²) in [6.07, 6.45) is -31.7. The molecule has 0 amide bonds. The first-order valence-corrected chi connectivity index (χ1v) is 14.1. The van der Waals surface area contributed by atoms with Gasteiger partial charge in [-0.3, -0.25) is 0 Å². The van der Waals surface area contributed by atoms with Gasteiger partial charge in [0.15, 0.2) is 18.9 Å². The van der Waals surface area contributed by atoms with Crippen molar-refractivity contribution in [3.8, 4) is 0 Å². The minimum Gasteiger partial charge on any atom is -0.394 e. The van der Waals surface area contributed by atoms with Gasteiger partial charge < -0.3 is 105 Å². The predicted octanol–water partition coefficient (Wildman–Crippen LogP) is -9.75. The topological polar surface area (TPSA) is 348 Å². The summed E-state index contributed by atoms with van der Waals surface area (Å²) in [7, 11) is 0. The number of aliphatic hydroxyl groups is 14. The van der Waals surface area contributed by atoms with Crippen LogP contribution in [0.4, 0.5) is 0 Å². The van der Waals surface area contributed by atoms with Crippen molar-refractivity contribution in [3.05, 3.63) is 0 Å². The summed E-state index contributed by atoms with van der Waals surface area (Å²) in [6, 6.07) is 0. The van der Waals surface area contributed by atoms with Crippen LogP contribution in [0.2, 0.25) is 0 Å². The molecule has 0 aromatic rings. The molecular formula is C24H42O21. The van der Waals surface area contributed by atoms with Crippen molar-refractivity contribution in [1.29, 1.82) is 0 Å². The Bertz CT molecular complexity index is 931. The lowest BCUT2D eigenvalue weighted by Crippen LogP contribution is -2.68. The Kier molecular flexibility index (Phi) is 12.5. The molecule has 0 bridgehead atoms. The molecule has 4 saturated heterocycles. The first kappa shape index (κ1) is 37.0. The molecule has 0 aromatic carbocycles. The fourth-order valence-corrected chi connectivity index (χ4v) is 5.29. The number of aliphatic hydroxyl groups excluding tert-OH is 14. The first-order chi connectivity index (χ1) is 21.2. The molecule has 14 N–H and O–H groups in total. The highest BCUT2D eigenvalue weighted by Gasteiger charge is 2.55. The molecule has 19 atom stereocenters. The highest BCUT2D eigenvalue weighted by atomic mass is 16.8. The molecule has 0 aliphatic carbocycles. The number of hydrogen-bond acceptors (Lipinski definition) is 21. The Morgan fingerprint density at radius 2 is 0.933 bits per heavy atom. The zero-order valence-electron chi connectivity index (χ0n) is 23.5. The maximum absolute atomic E-state index is 10.5. The van der Waals surface area contributed by atoms with E-state index in [4.69, 9.17) is 33.2 Å². The van der Waals surface area contributed by atoms with Gasteiger partial charge in [0.1, 0.15) is 98.2 Å². The van der Waals surface area contributed by atoms with Crippen LogP contribution >= 0.6 is 0 Å². The molecule has 0 spiro atoms. The molecular weight excluding hydrogens is 624 g/mol. The summed E-state index contributed by atoms with van der Waals surface area (Å²) in [5, 5.41) is 142. The second-order valence-electron chi connectivity index (χ2n) is 11.3. The third kappa shape index (κ3) is 7.44. The van der Waals surface area contributed by atoms with E-state index in [1.165, 1.54) is 0 Å². The Morgan fingerprint density at radius 1 is 0.511 bits per heavy atom. The number of hydrogen-bond donors (Lipinski definition) is 14. The van der Waals surface area contributed by atoms with E-state index in [0.717, 1.165) is 0 Å².